The zero-order valence-corrected chi connectivity index (χ0v) is 14.2. The molecule has 128 valence electrons. The third-order valence-electron chi connectivity index (χ3n) is 3.49. The number of hydrogen-bond donors (Lipinski definition) is 2. The fraction of sp³-hybridized carbons (Fsp3) is 0.333. The Morgan fingerprint density at radius 1 is 1.33 bits per heavy atom. The molecule has 2 aromatic rings. The van der Waals surface area contributed by atoms with E-state index in [0.29, 0.717) is 5.56 Å². The normalized spacial score (nSPS) is 10.8. The van der Waals surface area contributed by atoms with Crippen molar-refractivity contribution in [3.05, 3.63) is 62.8 Å². The number of nitrogens with one attached hydrogen (secondary N) is 2. The molecule has 0 aliphatic heterocycles. The maximum absolute atomic E-state index is 14.4. The number of aryl methyl sites for hydroxylation is 2. The van der Waals surface area contributed by atoms with Gasteiger partial charge in [-0.25, -0.2) is 4.39 Å². The summed E-state index contributed by atoms with van der Waals surface area (Å²) < 4.78 is 19.7. The molecule has 5 nitrogen and oxygen atoms in total. The summed E-state index contributed by atoms with van der Waals surface area (Å²) in [6.07, 6.45) is -0.202. The van der Waals surface area contributed by atoms with Crippen molar-refractivity contribution in [3.8, 4) is 5.75 Å². The van der Waals surface area contributed by atoms with Crippen LogP contribution in [0.2, 0.25) is 0 Å². The molecular formula is C18H21FN2O3. The third kappa shape index (κ3) is 4.01. The van der Waals surface area contributed by atoms with Crippen LogP contribution in [0.15, 0.2) is 29.1 Å². The van der Waals surface area contributed by atoms with E-state index in [1.165, 1.54) is 12.1 Å². The van der Waals surface area contributed by atoms with Crippen LogP contribution in [-0.2, 0) is 6.54 Å². The predicted octanol–water partition coefficient (Wildman–Crippen LogP) is 2.85. The largest absolute Gasteiger partial charge is 0.488 e. The van der Waals surface area contributed by atoms with Crippen molar-refractivity contribution in [2.75, 3.05) is 0 Å². The second kappa shape index (κ2) is 7.29. The van der Waals surface area contributed by atoms with E-state index in [1.54, 1.807) is 33.8 Å². The lowest BCUT2D eigenvalue weighted by atomic mass is 10.1. The molecule has 2 rings (SSSR count). The van der Waals surface area contributed by atoms with Gasteiger partial charge in [0.1, 0.15) is 0 Å². The van der Waals surface area contributed by atoms with Gasteiger partial charge in [-0.2, -0.15) is 0 Å². The molecule has 0 radical (unpaired) electrons. The number of halogens is 1. The fourth-order valence-corrected chi connectivity index (χ4v) is 2.40. The van der Waals surface area contributed by atoms with Crippen molar-refractivity contribution >= 4 is 5.91 Å². The van der Waals surface area contributed by atoms with Gasteiger partial charge in [0, 0.05) is 17.8 Å². The molecule has 1 aromatic carbocycles. The highest BCUT2D eigenvalue weighted by molar-refractivity contribution is 5.94. The molecule has 0 spiro atoms. The number of ether oxygens (including phenoxy) is 1. The predicted molar refractivity (Wildman–Crippen MR) is 89.9 cm³/mol. The molecule has 0 aliphatic rings. The Morgan fingerprint density at radius 2 is 2.04 bits per heavy atom. The summed E-state index contributed by atoms with van der Waals surface area (Å²) in [5.74, 6) is -1.28. The number of carbonyl (C=O) groups excluding carboxylic acids is 1. The average molecular weight is 332 g/mol. The number of rotatable bonds is 5. The fourth-order valence-electron chi connectivity index (χ4n) is 2.40. The number of H-pyrrole nitrogens is 1. The Morgan fingerprint density at radius 3 is 2.67 bits per heavy atom. The minimum atomic E-state index is -0.710. The molecule has 1 aromatic heterocycles. The molecular weight excluding hydrogens is 311 g/mol. The van der Waals surface area contributed by atoms with Gasteiger partial charge < -0.3 is 15.0 Å². The van der Waals surface area contributed by atoms with Gasteiger partial charge in [0.2, 0.25) is 0 Å². The number of pyridine rings is 1. The standard InChI is InChI=1S/C18H21FN2O3/c1-10(2)24-15-7-5-6-13(16(15)19)17(22)20-9-14-11(3)8-12(4)21-18(14)23/h5-8,10H,9H2,1-4H3,(H,20,22)(H,21,23). The molecule has 6 heteroatoms. The van der Waals surface area contributed by atoms with Gasteiger partial charge in [0.15, 0.2) is 11.6 Å². The first-order chi connectivity index (χ1) is 11.3. The molecule has 0 atom stereocenters. The van der Waals surface area contributed by atoms with Crippen molar-refractivity contribution < 1.29 is 13.9 Å². The van der Waals surface area contributed by atoms with Gasteiger partial charge in [-0.15, -0.1) is 0 Å². The van der Waals surface area contributed by atoms with Crippen molar-refractivity contribution in [2.24, 2.45) is 0 Å². The van der Waals surface area contributed by atoms with Crippen molar-refractivity contribution in [3.63, 3.8) is 0 Å². The van der Waals surface area contributed by atoms with Crippen molar-refractivity contribution in [1.29, 1.82) is 0 Å². The number of aromatic nitrogens is 1. The van der Waals surface area contributed by atoms with Crippen LogP contribution in [0, 0.1) is 19.7 Å². The quantitative estimate of drug-likeness (QED) is 0.884. The van der Waals surface area contributed by atoms with E-state index >= 15 is 0 Å². The van der Waals surface area contributed by atoms with Crippen LogP contribution in [0.5, 0.6) is 5.75 Å². The monoisotopic (exact) mass is 332 g/mol. The smallest absolute Gasteiger partial charge is 0.254 e. The molecule has 0 saturated heterocycles. The minimum absolute atomic E-state index is 0.0228. The summed E-state index contributed by atoms with van der Waals surface area (Å²) in [7, 11) is 0. The third-order valence-corrected chi connectivity index (χ3v) is 3.49. The van der Waals surface area contributed by atoms with Crippen LogP contribution >= 0.6 is 0 Å². The number of hydrogen-bond acceptors (Lipinski definition) is 3. The Kier molecular flexibility index (Phi) is 5.39. The van der Waals surface area contributed by atoms with Gasteiger partial charge in [-0.05, 0) is 51.5 Å². The summed E-state index contributed by atoms with van der Waals surface area (Å²) in [4.78, 5) is 26.9. The Hall–Kier alpha value is -2.63. The highest BCUT2D eigenvalue weighted by Crippen LogP contribution is 2.21. The minimum Gasteiger partial charge on any atom is -0.488 e. The zero-order chi connectivity index (χ0) is 17.9. The van der Waals surface area contributed by atoms with E-state index in [4.69, 9.17) is 4.74 Å². The van der Waals surface area contributed by atoms with E-state index in [9.17, 15) is 14.0 Å². The molecule has 1 heterocycles. The van der Waals surface area contributed by atoms with Crippen molar-refractivity contribution in [1.82, 2.24) is 10.3 Å². The molecule has 24 heavy (non-hydrogen) atoms. The number of carbonyl (C=O) groups is 1. The Labute approximate surface area is 139 Å². The van der Waals surface area contributed by atoms with E-state index in [1.807, 2.05) is 6.07 Å². The van der Waals surface area contributed by atoms with E-state index in [0.717, 1.165) is 11.3 Å². The highest BCUT2D eigenvalue weighted by Gasteiger charge is 2.17. The van der Waals surface area contributed by atoms with Gasteiger partial charge in [-0.3, -0.25) is 9.59 Å². The lowest BCUT2D eigenvalue weighted by Gasteiger charge is -2.13. The maximum Gasteiger partial charge on any atom is 0.254 e. The van der Waals surface area contributed by atoms with Crippen LogP contribution in [0.3, 0.4) is 0 Å². The lowest BCUT2D eigenvalue weighted by molar-refractivity contribution is 0.0945. The molecule has 0 unspecified atom stereocenters. The second-order valence-corrected chi connectivity index (χ2v) is 5.91. The summed E-state index contributed by atoms with van der Waals surface area (Å²) in [5, 5.41) is 2.58. The van der Waals surface area contributed by atoms with Crippen molar-refractivity contribution in [2.45, 2.75) is 40.3 Å². The average Bonchev–Trinajstić information content (AvgIpc) is 2.47. The summed E-state index contributed by atoms with van der Waals surface area (Å²) in [5.41, 5.74) is 1.59. The molecule has 2 N–H and O–H groups in total. The number of benzene rings is 1. The van der Waals surface area contributed by atoms with Crippen LogP contribution in [0.4, 0.5) is 4.39 Å². The first-order valence-corrected chi connectivity index (χ1v) is 7.72. The van der Waals surface area contributed by atoms with Gasteiger partial charge >= 0.3 is 0 Å². The molecule has 0 fully saturated rings. The van der Waals surface area contributed by atoms with Gasteiger partial charge in [0.25, 0.3) is 11.5 Å². The van der Waals surface area contributed by atoms with Crippen LogP contribution < -0.4 is 15.6 Å². The molecule has 0 bridgehead atoms. The second-order valence-electron chi connectivity index (χ2n) is 5.91. The lowest BCUT2D eigenvalue weighted by Crippen LogP contribution is -2.28. The highest BCUT2D eigenvalue weighted by atomic mass is 19.1. The summed E-state index contributed by atoms with van der Waals surface area (Å²) >= 11 is 0. The number of aromatic amines is 1. The maximum atomic E-state index is 14.4. The first kappa shape index (κ1) is 17.7. The molecule has 1 amide bonds. The number of amides is 1. The Bertz CT molecular complexity index is 812. The molecule has 0 saturated carbocycles. The van der Waals surface area contributed by atoms with Crippen LogP contribution in [-0.4, -0.2) is 17.0 Å². The zero-order valence-electron chi connectivity index (χ0n) is 14.2. The van der Waals surface area contributed by atoms with E-state index in [-0.39, 0.29) is 29.5 Å². The summed E-state index contributed by atoms with van der Waals surface area (Å²) in [6, 6.07) is 6.23. The first-order valence-electron chi connectivity index (χ1n) is 7.72. The van der Waals surface area contributed by atoms with Crippen LogP contribution in [0.1, 0.15) is 41.0 Å². The SMILES string of the molecule is Cc1cc(C)c(CNC(=O)c2cccc(OC(C)C)c2F)c(=O)[nH]1. The van der Waals surface area contributed by atoms with E-state index < -0.39 is 11.7 Å². The summed E-state index contributed by atoms with van der Waals surface area (Å²) in [6.45, 7) is 7.15. The Balaban J connectivity index is 2.18. The van der Waals surface area contributed by atoms with Gasteiger partial charge in [0.05, 0.1) is 11.7 Å². The van der Waals surface area contributed by atoms with Gasteiger partial charge in [-0.1, -0.05) is 6.07 Å². The van der Waals surface area contributed by atoms with Crippen LogP contribution in [0.25, 0.3) is 0 Å². The molecule has 0 aliphatic carbocycles. The topological polar surface area (TPSA) is 71.2 Å². The van der Waals surface area contributed by atoms with E-state index in [2.05, 4.69) is 10.3 Å².